The molecule has 0 saturated carbocycles. The van der Waals surface area contributed by atoms with Gasteiger partial charge < -0.3 is 5.32 Å². The Balaban J connectivity index is 1.97. The lowest BCUT2D eigenvalue weighted by Crippen LogP contribution is -2.32. The van der Waals surface area contributed by atoms with Crippen LogP contribution in [0.15, 0.2) is 47.6 Å². The molecule has 0 atom stereocenters. The quantitative estimate of drug-likeness (QED) is 0.516. The summed E-state index contributed by atoms with van der Waals surface area (Å²) in [5.74, 6) is -1.66. The molecule has 118 valence electrons. The number of carbonyl (C=O) groups excluding carboxylic acids is 2. The summed E-state index contributed by atoms with van der Waals surface area (Å²) in [4.78, 5) is 23.6. The molecular weight excluding hydrogens is 314 g/mol. The van der Waals surface area contributed by atoms with Crippen LogP contribution in [0, 0.1) is 13.8 Å². The molecule has 0 bridgehead atoms. The first kappa shape index (κ1) is 16.7. The molecule has 0 aliphatic carbocycles. The SMILES string of the molecule is Cc1ccccc1/C=N/NC(=O)C(=O)Nc1cccc(Cl)c1C. The molecule has 0 unspecified atom stereocenters. The van der Waals surface area contributed by atoms with Crippen molar-refractivity contribution in [3.05, 3.63) is 64.2 Å². The van der Waals surface area contributed by atoms with E-state index in [-0.39, 0.29) is 0 Å². The van der Waals surface area contributed by atoms with Crippen molar-refractivity contribution in [3.8, 4) is 0 Å². The molecule has 2 aromatic carbocycles. The zero-order chi connectivity index (χ0) is 16.8. The highest BCUT2D eigenvalue weighted by Gasteiger charge is 2.14. The van der Waals surface area contributed by atoms with E-state index >= 15 is 0 Å². The van der Waals surface area contributed by atoms with E-state index in [0.717, 1.165) is 11.1 Å². The number of benzene rings is 2. The summed E-state index contributed by atoms with van der Waals surface area (Å²) < 4.78 is 0. The number of rotatable bonds is 3. The van der Waals surface area contributed by atoms with Crippen molar-refractivity contribution < 1.29 is 9.59 Å². The Kier molecular flexibility index (Phi) is 5.49. The van der Waals surface area contributed by atoms with E-state index in [1.165, 1.54) is 6.21 Å². The minimum atomic E-state index is -0.853. The van der Waals surface area contributed by atoms with Crippen LogP contribution < -0.4 is 10.7 Å². The normalized spacial score (nSPS) is 10.6. The van der Waals surface area contributed by atoms with Crippen LogP contribution in [0.4, 0.5) is 5.69 Å². The van der Waals surface area contributed by atoms with Gasteiger partial charge in [0.15, 0.2) is 0 Å². The van der Waals surface area contributed by atoms with Crippen LogP contribution in [0.25, 0.3) is 0 Å². The van der Waals surface area contributed by atoms with Gasteiger partial charge in [-0.15, -0.1) is 0 Å². The lowest BCUT2D eigenvalue weighted by Gasteiger charge is -2.08. The van der Waals surface area contributed by atoms with Crippen LogP contribution in [-0.4, -0.2) is 18.0 Å². The molecule has 0 saturated heterocycles. The minimum Gasteiger partial charge on any atom is -0.317 e. The summed E-state index contributed by atoms with van der Waals surface area (Å²) in [7, 11) is 0. The van der Waals surface area contributed by atoms with Gasteiger partial charge in [0.1, 0.15) is 0 Å². The zero-order valence-corrected chi connectivity index (χ0v) is 13.5. The summed E-state index contributed by atoms with van der Waals surface area (Å²) >= 11 is 5.97. The highest BCUT2D eigenvalue weighted by molar-refractivity contribution is 6.40. The molecule has 2 aromatic rings. The molecule has 2 amide bonds. The number of amides is 2. The summed E-state index contributed by atoms with van der Waals surface area (Å²) in [6.07, 6.45) is 1.49. The zero-order valence-electron chi connectivity index (χ0n) is 12.8. The third-order valence-electron chi connectivity index (χ3n) is 3.28. The second-order valence-electron chi connectivity index (χ2n) is 4.92. The predicted octanol–water partition coefficient (Wildman–Crippen LogP) is 3.05. The molecule has 5 nitrogen and oxygen atoms in total. The topological polar surface area (TPSA) is 70.6 Å². The maximum Gasteiger partial charge on any atom is 0.329 e. The Labute approximate surface area is 139 Å². The second kappa shape index (κ2) is 7.56. The third-order valence-corrected chi connectivity index (χ3v) is 3.69. The Bertz CT molecular complexity index is 772. The smallest absolute Gasteiger partial charge is 0.317 e. The average molecular weight is 330 g/mol. The standard InChI is InChI=1S/C17H16ClN3O2/c1-11-6-3-4-7-13(11)10-19-21-17(23)16(22)20-15-9-5-8-14(18)12(15)2/h3-10H,1-2H3,(H,20,22)(H,21,23)/b19-10+. The van der Waals surface area contributed by atoms with Crippen molar-refractivity contribution in [1.82, 2.24) is 5.43 Å². The monoisotopic (exact) mass is 329 g/mol. The summed E-state index contributed by atoms with van der Waals surface area (Å²) in [5.41, 5.74) is 5.26. The van der Waals surface area contributed by atoms with Crippen molar-refractivity contribution in [2.75, 3.05) is 5.32 Å². The van der Waals surface area contributed by atoms with E-state index in [1.807, 2.05) is 31.2 Å². The van der Waals surface area contributed by atoms with E-state index in [1.54, 1.807) is 25.1 Å². The van der Waals surface area contributed by atoms with Crippen molar-refractivity contribution in [2.24, 2.45) is 5.10 Å². The Morgan fingerprint density at radius 1 is 1.04 bits per heavy atom. The number of halogens is 1. The highest BCUT2D eigenvalue weighted by Crippen LogP contribution is 2.22. The Morgan fingerprint density at radius 3 is 2.52 bits per heavy atom. The van der Waals surface area contributed by atoms with Gasteiger partial charge in [-0.1, -0.05) is 41.9 Å². The summed E-state index contributed by atoms with van der Waals surface area (Å²) in [5, 5.41) is 6.81. The van der Waals surface area contributed by atoms with Crippen molar-refractivity contribution in [2.45, 2.75) is 13.8 Å². The van der Waals surface area contributed by atoms with Crippen LogP contribution in [0.2, 0.25) is 5.02 Å². The number of hydrazone groups is 1. The van der Waals surface area contributed by atoms with Gasteiger partial charge in [-0.2, -0.15) is 5.10 Å². The minimum absolute atomic E-state index is 0.487. The first-order valence-electron chi connectivity index (χ1n) is 6.94. The van der Waals surface area contributed by atoms with Gasteiger partial charge in [-0.05, 0) is 42.7 Å². The second-order valence-corrected chi connectivity index (χ2v) is 5.33. The first-order valence-corrected chi connectivity index (χ1v) is 7.32. The van der Waals surface area contributed by atoms with Crippen LogP contribution in [-0.2, 0) is 9.59 Å². The van der Waals surface area contributed by atoms with E-state index in [2.05, 4.69) is 15.8 Å². The third kappa shape index (κ3) is 4.40. The van der Waals surface area contributed by atoms with Gasteiger partial charge in [-0.25, -0.2) is 5.43 Å². The molecule has 0 aliphatic rings. The number of hydrogen-bond acceptors (Lipinski definition) is 3. The van der Waals surface area contributed by atoms with Crippen molar-refractivity contribution in [1.29, 1.82) is 0 Å². The van der Waals surface area contributed by atoms with Gasteiger partial charge in [0, 0.05) is 10.7 Å². The maximum atomic E-state index is 11.8. The molecule has 2 rings (SSSR count). The molecule has 23 heavy (non-hydrogen) atoms. The molecule has 0 aromatic heterocycles. The molecular formula is C17H16ClN3O2. The molecule has 6 heteroatoms. The molecule has 0 spiro atoms. The number of hydrogen-bond donors (Lipinski definition) is 2. The molecule has 2 N–H and O–H groups in total. The van der Waals surface area contributed by atoms with E-state index in [4.69, 9.17) is 11.6 Å². The molecule has 0 radical (unpaired) electrons. The molecule has 0 fully saturated rings. The lowest BCUT2D eigenvalue weighted by atomic mass is 10.1. The van der Waals surface area contributed by atoms with Crippen LogP contribution in [0.5, 0.6) is 0 Å². The largest absolute Gasteiger partial charge is 0.329 e. The van der Waals surface area contributed by atoms with Crippen LogP contribution in [0.1, 0.15) is 16.7 Å². The van der Waals surface area contributed by atoms with Crippen molar-refractivity contribution in [3.63, 3.8) is 0 Å². The van der Waals surface area contributed by atoms with Crippen molar-refractivity contribution >= 4 is 35.3 Å². The van der Waals surface area contributed by atoms with E-state index < -0.39 is 11.8 Å². The number of anilines is 1. The van der Waals surface area contributed by atoms with Gasteiger partial charge in [0.05, 0.1) is 6.21 Å². The number of nitrogens with one attached hydrogen (secondary N) is 2. The van der Waals surface area contributed by atoms with Crippen LogP contribution in [0.3, 0.4) is 0 Å². The fourth-order valence-electron chi connectivity index (χ4n) is 1.86. The number of carbonyl (C=O) groups is 2. The molecule has 0 aliphatic heterocycles. The average Bonchev–Trinajstić information content (AvgIpc) is 2.53. The lowest BCUT2D eigenvalue weighted by molar-refractivity contribution is -0.136. The fraction of sp³-hybridized carbons (Fsp3) is 0.118. The predicted molar refractivity (Wildman–Crippen MR) is 91.7 cm³/mol. The highest BCUT2D eigenvalue weighted by atomic mass is 35.5. The summed E-state index contributed by atoms with van der Waals surface area (Å²) in [6.45, 7) is 3.68. The Hall–Kier alpha value is -2.66. The fourth-order valence-corrected chi connectivity index (χ4v) is 2.04. The van der Waals surface area contributed by atoms with Gasteiger partial charge in [0.2, 0.25) is 0 Å². The van der Waals surface area contributed by atoms with Gasteiger partial charge in [-0.3, -0.25) is 9.59 Å². The summed E-state index contributed by atoms with van der Waals surface area (Å²) in [6, 6.07) is 12.6. The van der Waals surface area contributed by atoms with E-state index in [0.29, 0.717) is 16.3 Å². The van der Waals surface area contributed by atoms with Gasteiger partial charge in [0.25, 0.3) is 0 Å². The van der Waals surface area contributed by atoms with Crippen LogP contribution >= 0.6 is 11.6 Å². The first-order chi connectivity index (χ1) is 11.0. The Morgan fingerprint density at radius 2 is 1.78 bits per heavy atom. The number of aryl methyl sites for hydroxylation is 1. The van der Waals surface area contributed by atoms with Gasteiger partial charge >= 0.3 is 11.8 Å². The van der Waals surface area contributed by atoms with E-state index in [9.17, 15) is 9.59 Å². The number of nitrogens with zero attached hydrogens (tertiary/aromatic N) is 1. The molecule has 0 heterocycles. The maximum absolute atomic E-state index is 11.8.